The Balaban J connectivity index is 2.32. The fourth-order valence-electron chi connectivity index (χ4n) is 2.13. The van der Waals surface area contributed by atoms with E-state index >= 15 is 0 Å². The molecule has 1 aromatic heterocycles. The average molecular weight is 300 g/mol. The van der Waals surface area contributed by atoms with Gasteiger partial charge in [0.2, 0.25) is 5.95 Å². The molecule has 1 saturated heterocycles. The van der Waals surface area contributed by atoms with E-state index in [0.717, 1.165) is 16.6 Å². The minimum absolute atomic E-state index is 0.125. The number of carboxylic acids is 1. The molecule has 1 aliphatic rings. The van der Waals surface area contributed by atoms with Gasteiger partial charge in [-0.15, -0.1) is 0 Å². The van der Waals surface area contributed by atoms with Crippen molar-refractivity contribution in [3.05, 3.63) is 16.4 Å². The first-order chi connectivity index (χ1) is 8.00. The molecule has 0 spiro atoms. The number of aryl methyl sites for hydroxylation is 1. The zero-order valence-corrected chi connectivity index (χ0v) is 11.3. The average Bonchev–Trinajstić information content (AvgIpc) is 2.64. The summed E-state index contributed by atoms with van der Waals surface area (Å²) in [5.74, 6) is -0.179. The van der Waals surface area contributed by atoms with Crippen LogP contribution in [0.4, 0.5) is 5.95 Å². The summed E-state index contributed by atoms with van der Waals surface area (Å²) in [6, 6.07) is -0.518. The van der Waals surface area contributed by atoms with Gasteiger partial charge in [0.05, 0.1) is 10.2 Å². The van der Waals surface area contributed by atoms with E-state index in [1.807, 2.05) is 13.8 Å². The number of halogens is 1. The minimum Gasteiger partial charge on any atom is -0.480 e. The van der Waals surface area contributed by atoms with Crippen LogP contribution in [0.3, 0.4) is 0 Å². The summed E-state index contributed by atoms with van der Waals surface area (Å²) >= 11 is 3.33. The van der Waals surface area contributed by atoms with Crippen LogP contribution in [0.2, 0.25) is 0 Å². The van der Waals surface area contributed by atoms with Crippen LogP contribution >= 0.6 is 15.9 Å². The second-order valence-corrected chi connectivity index (χ2v) is 5.20. The molecule has 5 nitrogen and oxygen atoms in total. The molecular weight excluding hydrogens is 286 g/mol. The lowest BCUT2D eigenvalue weighted by Crippen LogP contribution is -2.40. The molecule has 2 atom stereocenters. The Bertz CT molecular complexity index is 452. The largest absolute Gasteiger partial charge is 0.480 e. The number of anilines is 1. The summed E-state index contributed by atoms with van der Waals surface area (Å²) in [6.07, 6.45) is 2.52. The second-order valence-electron chi connectivity index (χ2n) is 4.35. The molecule has 2 heterocycles. The van der Waals surface area contributed by atoms with Crippen LogP contribution in [0.1, 0.15) is 19.0 Å². The maximum absolute atomic E-state index is 11.2. The van der Waals surface area contributed by atoms with E-state index in [2.05, 4.69) is 25.9 Å². The number of nitrogens with zero attached hydrogens (tertiary/aromatic N) is 3. The Kier molecular flexibility index (Phi) is 3.33. The van der Waals surface area contributed by atoms with Gasteiger partial charge < -0.3 is 10.0 Å². The molecule has 2 unspecified atom stereocenters. The highest BCUT2D eigenvalue weighted by molar-refractivity contribution is 9.10. The first kappa shape index (κ1) is 12.3. The van der Waals surface area contributed by atoms with Gasteiger partial charge in [-0.2, -0.15) is 0 Å². The smallest absolute Gasteiger partial charge is 0.326 e. The Hall–Kier alpha value is -1.17. The van der Waals surface area contributed by atoms with E-state index in [1.54, 1.807) is 11.1 Å². The second kappa shape index (κ2) is 4.60. The molecule has 17 heavy (non-hydrogen) atoms. The third-order valence-electron chi connectivity index (χ3n) is 3.12. The van der Waals surface area contributed by atoms with Gasteiger partial charge in [0.15, 0.2) is 0 Å². The number of rotatable bonds is 2. The van der Waals surface area contributed by atoms with E-state index in [0.29, 0.717) is 12.5 Å². The van der Waals surface area contributed by atoms with Crippen molar-refractivity contribution >= 4 is 27.8 Å². The quantitative estimate of drug-likeness (QED) is 0.903. The predicted octanol–water partition coefficient (Wildman–Crippen LogP) is 1.85. The number of aliphatic carboxylic acids is 1. The van der Waals surface area contributed by atoms with Crippen molar-refractivity contribution in [3.8, 4) is 0 Å². The first-order valence-electron chi connectivity index (χ1n) is 5.49. The van der Waals surface area contributed by atoms with Crippen LogP contribution < -0.4 is 4.90 Å². The molecule has 0 aromatic carbocycles. The predicted molar refractivity (Wildman–Crippen MR) is 67.0 cm³/mol. The molecule has 0 saturated carbocycles. The van der Waals surface area contributed by atoms with Gasteiger partial charge in [-0.05, 0) is 35.2 Å². The highest BCUT2D eigenvalue weighted by atomic mass is 79.9. The molecular formula is C11H14BrN3O2. The zero-order chi connectivity index (χ0) is 12.6. The number of carboxylic acid groups (broad SMARTS) is 1. The maximum atomic E-state index is 11.2. The van der Waals surface area contributed by atoms with Gasteiger partial charge in [-0.1, -0.05) is 6.92 Å². The van der Waals surface area contributed by atoms with Gasteiger partial charge in [-0.25, -0.2) is 14.8 Å². The van der Waals surface area contributed by atoms with E-state index in [9.17, 15) is 9.90 Å². The maximum Gasteiger partial charge on any atom is 0.326 e. The highest BCUT2D eigenvalue weighted by Crippen LogP contribution is 2.28. The minimum atomic E-state index is -0.806. The number of hydrogen-bond acceptors (Lipinski definition) is 4. The Morgan fingerprint density at radius 1 is 1.65 bits per heavy atom. The lowest BCUT2D eigenvalue weighted by atomic mass is 10.0. The molecule has 1 fully saturated rings. The Morgan fingerprint density at radius 3 is 2.94 bits per heavy atom. The number of carbonyl (C=O) groups is 1. The van der Waals surface area contributed by atoms with Gasteiger partial charge in [0.25, 0.3) is 0 Å². The molecule has 1 aromatic rings. The van der Waals surface area contributed by atoms with Gasteiger partial charge in [0, 0.05) is 12.7 Å². The fraction of sp³-hybridized carbons (Fsp3) is 0.545. The van der Waals surface area contributed by atoms with Crippen LogP contribution in [0.5, 0.6) is 0 Å². The summed E-state index contributed by atoms with van der Waals surface area (Å²) in [4.78, 5) is 21.5. The summed E-state index contributed by atoms with van der Waals surface area (Å²) in [6.45, 7) is 4.51. The van der Waals surface area contributed by atoms with Crippen LogP contribution in [0.25, 0.3) is 0 Å². The van der Waals surface area contributed by atoms with Crippen molar-refractivity contribution in [1.82, 2.24) is 9.97 Å². The van der Waals surface area contributed by atoms with Crippen molar-refractivity contribution < 1.29 is 9.90 Å². The van der Waals surface area contributed by atoms with Crippen molar-refractivity contribution in [2.45, 2.75) is 26.3 Å². The van der Waals surface area contributed by atoms with E-state index in [-0.39, 0.29) is 5.92 Å². The summed E-state index contributed by atoms with van der Waals surface area (Å²) < 4.78 is 0.834. The first-order valence-corrected chi connectivity index (χ1v) is 6.28. The normalized spacial score (nSPS) is 24.1. The SMILES string of the molecule is Cc1nc(N2CCC(C)C2C(=O)O)ncc1Br. The number of aromatic nitrogens is 2. The van der Waals surface area contributed by atoms with Gasteiger partial charge in [-0.3, -0.25) is 0 Å². The number of hydrogen-bond donors (Lipinski definition) is 1. The highest BCUT2D eigenvalue weighted by Gasteiger charge is 2.38. The third kappa shape index (κ3) is 2.26. The molecule has 2 rings (SSSR count). The Labute approximate surface area is 108 Å². The van der Waals surface area contributed by atoms with E-state index in [1.165, 1.54) is 0 Å². The molecule has 0 radical (unpaired) electrons. The molecule has 92 valence electrons. The monoisotopic (exact) mass is 299 g/mol. The topological polar surface area (TPSA) is 66.3 Å². The molecule has 1 N–H and O–H groups in total. The van der Waals surface area contributed by atoms with Crippen molar-refractivity contribution in [1.29, 1.82) is 0 Å². The van der Waals surface area contributed by atoms with Crippen LogP contribution in [0, 0.1) is 12.8 Å². The summed E-state index contributed by atoms with van der Waals surface area (Å²) in [5, 5.41) is 9.23. The van der Waals surface area contributed by atoms with Crippen molar-refractivity contribution in [3.63, 3.8) is 0 Å². The molecule has 0 amide bonds. The summed E-state index contributed by atoms with van der Waals surface area (Å²) in [7, 11) is 0. The Morgan fingerprint density at radius 2 is 2.35 bits per heavy atom. The molecule has 1 aliphatic heterocycles. The molecule has 6 heteroatoms. The van der Waals surface area contributed by atoms with Crippen LogP contribution in [0.15, 0.2) is 10.7 Å². The molecule has 0 bridgehead atoms. The van der Waals surface area contributed by atoms with Gasteiger partial charge in [0.1, 0.15) is 6.04 Å². The van der Waals surface area contributed by atoms with Gasteiger partial charge >= 0.3 is 5.97 Å². The standard InChI is InChI=1S/C11H14BrN3O2/c1-6-3-4-15(9(6)10(16)17)11-13-5-8(12)7(2)14-11/h5-6,9H,3-4H2,1-2H3,(H,16,17). The molecule has 0 aliphatic carbocycles. The van der Waals surface area contributed by atoms with E-state index < -0.39 is 12.0 Å². The summed E-state index contributed by atoms with van der Waals surface area (Å²) in [5.41, 5.74) is 0.818. The van der Waals surface area contributed by atoms with Crippen LogP contribution in [-0.4, -0.2) is 33.6 Å². The van der Waals surface area contributed by atoms with Crippen molar-refractivity contribution in [2.24, 2.45) is 5.92 Å². The lowest BCUT2D eigenvalue weighted by molar-refractivity contribution is -0.139. The van der Waals surface area contributed by atoms with Crippen molar-refractivity contribution in [2.75, 3.05) is 11.4 Å². The van der Waals surface area contributed by atoms with Crippen LogP contribution in [-0.2, 0) is 4.79 Å². The fourth-order valence-corrected chi connectivity index (χ4v) is 2.32. The lowest BCUT2D eigenvalue weighted by Gasteiger charge is -2.23. The third-order valence-corrected chi connectivity index (χ3v) is 3.90. The zero-order valence-electron chi connectivity index (χ0n) is 9.72. The van der Waals surface area contributed by atoms with E-state index in [4.69, 9.17) is 0 Å².